The van der Waals surface area contributed by atoms with Crippen LogP contribution in [0, 0.1) is 13.8 Å². The van der Waals surface area contributed by atoms with Crippen molar-refractivity contribution >= 4 is 17.2 Å². The smallest absolute Gasteiger partial charge is 0.246 e. The molecule has 1 atom stereocenters. The number of nitrogens with zero attached hydrogens (tertiary/aromatic N) is 3. The van der Waals surface area contributed by atoms with Gasteiger partial charge in [-0.2, -0.15) is 0 Å². The Labute approximate surface area is 163 Å². The molecule has 3 aromatic rings. The van der Waals surface area contributed by atoms with Crippen molar-refractivity contribution in [1.29, 1.82) is 0 Å². The van der Waals surface area contributed by atoms with Gasteiger partial charge >= 0.3 is 0 Å². The van der Waals surface area contributed by atoms with Crippen molar-refractivity contribution in [2.45, 2.75) is 26.3 Å². The summed E-state index contributed by atoms with van der Waals surface area (Å²) in [5.74, 6) is 0.850. The van der Waals surface area contributed by atoms with Gasteiger partial charge in [0.2, 0.25) is 5.91 Å². The third kappa shape index (κ3) is 3.30. The highest BCUT2D eigenvalue weighted by atomic mass is 32.1. The van der Waals surface area contributed by atoms with E-state index in [4.69, 9.17) is 0 Å². The van der Waals surface area contributed by atoms with Crippen molar-refractivity contribution < 1.29 is 4.79 Å². The summed E-state index contributed by atoms with van der Waals surface area (Å²) < 4.78 is 0. The fourth-order valence-corrected chi connectivity index (χ4v) is 4.87. The molecule has 0 spiro atoms. The lowest BCUT2D eigenvalue weighted by molar-refractivity contribution is -0.127. The molecule has 4 rings (SSSR count). The summed E-state index contributed by atoms with van der Waals surface area (Å²) in [6.07, 6.45) is 3.20. The summed E-state index contributed by atoms with van der Waals surface area (Å²) in [6, 6.07) is 12.6. The van der Waals surface area contributed by atoms with Crippen molar-refractivity contribution in [3.63, 3.8) is 0 Å². The highest BCUT2D eigenvalue weighted by molar-refractivity contribution is 7.12. The molecule has 136 valence electrons. The van der Waals surface area contributed by atoms with E-state index in [1.54, 1.807) is 17.5 Å². The van der Waals surface area contributed by atoms with E-state index in [0.29, 0.717) is 13.1 Å². The molecular formula is C22H21N3OS. The molecule has 2 aromatic heterocycles. The molecule has 0 N–H and O–H groups in total. The lowest BCUT2D eigenvalue weighted by atomic mass is 9.84. The normalized spacial score (nSPS) is 16.1. The minimum Gasteiger partial charge on any atom is -0.333 e. The molecule has 4 nitrogen and oxygen atoms in total. The second-order valence-electron chi connectivity index (χ2n) is 6.79. The number of rotatable bonds is 3. The molecule has 5 heteroatoms. The van der Waals surface area contributed by atoms with Crippen LogP contribution < -0.4 is 0 Å². The van der Waals surface area contributed by atoms with E-state index >= 15 is 0 Å². The Bertz CT molecular complexity index is 1020. The molecule has 0 unspecified atom stereocenters. The van der Waals surface area contributed by atoms with Crippen LogP contribution in [-0.2, 0) is 11.3 Å². The van der Waals surface area contributed by atoms with Crippen LogP contribution in [-0.4, -0.2) is 27.3 Å². The molecule has 0 saturated heterocycles. The molecule has 0 radical (unpaired) electrons. The molecule has 0 fully saturated rings. The van der Waals surface area contributed by atoms with Crippen molar-refractivity contribution in [2.75, 3.05) is 6.54 Å². The largest absolute Gasteiger partial charge is 0.333 e. The highest BCUT2D eigenvalue weighted by Gasteiger charge is 2.31. The minimum atomic E-state index is -0.0212. The summed E-state index contributed by atoms with van der Waals surface area (Å²) >= 11 is 1.77. The number of carbonyl (C=O) groups excluding carboxylic acids is 1. The molecule has 3 heterocycles. The molecule has 1 aliphatic heterocycles. The van der Waals surface area contributed by atoms with Crippen LogP contribution in [0.3, 0.4) is 0 Å². The van der Waals surface area contributed by atoms with Gasteiger partial charge in [0.1, 0.15) is 5.82 Å². The quantitative estimate of drug-likeness (QED) is 0.634. The van der Waals surface area contributed by atoms with Gasteiger partial charge in [-0.1, -0.05) is 30.8 Å². The maximum atomic E-state index is 12.4. The van der Waals surface area contributed by atoms with Crippen LogP contribution in [0.2, 0.25) is 0 Å². The fourth-order valence-electron chi connectivity index (χ4n) is 3.76. The Morgan fingerprint density at radius 2 is 2.07 bits per heavy atom. The number of hydrogen-bond donors (Lipinski definition) is 0. The second-order valence-corrected chi connectivity index (χ2v) is 8.13. The number of hydrogen-bond acceptors (Lipinski definition) is 4. The predicted molar refractivity (Wildman–Crippen MR) is 109 cm³/mol. The lowest BCUT2D eigenvalue weighted by Crippen LogP contribution is -2.37. The molecule has 0 saturated carbocycles. The first-order chi connectivity index (χ1) is 13.1. The molecular weight excluding hydrogens is 354 g/mol. The zero-order valence-electron chi connectivity index (χ0n) is 15.5. The first-order valence-electron chi connectivity index (χ1n) is 8.96. The molecule has 27 heavy (non-hydrogen) atoms. The molecule has 1 aromatic carbocycles. The van der Waals surface area contributed by atoms with E-state index < -0.39 is 0 Å². The summed E-state index contributed by atoms with van der Waals surface area (Å²) in [4.78, 5) is 25.6. The number of fused-ring (bicyclic) bond motifs is 1. The van der Waals surface area contributed by atoms with Gasteiger partial charge in [-0.25, -0.2) is 9.97 Å². The SMILES string of the molecule is C=CC(=O)N1Cc2sc(C)cc2[C@@H](c2ccccc2-c2ccnc(C)n2)C1. The van der Waals surface area contributed by atoms with E-state index in [1.165, 1.54) is 27.0 Å². The predicted octanol–water partition coefficient (Wildman–Crippen LogP) is 4.48. The number of amides is 1. The zero-order valence-corrected chi connectivity index (χ0v) is 16.3. The lowest BCUT2D eigenvalue weighted by Gasteiger charge is -2.33. The van der Waals surface area contributed by atoms with Gasteiger partial charge in [0.05, 0.1) is 12.2 Å². The Balaban J connectivity index is 1.85. The van der Waals surface area contributed by atoms with Crippen LogP contribution in [0.25, 0.3) is 11.3 Å². The van der Waals surface area contributed by atoms with Crippen LogP contribution in [0.15, 0.2) is 55.3 Å². The number of aromatic nitrogens is 2. The fraction of sp³-hybridized carbons (Fsp3) is 0.227. The van der Waals surface area contributed by atoms with Gasteiger partial charge in [-0.15, -0.1) is 11.3 Å². The molecule has 1 aliphatic rings. The minimum absolute atomic E-state index is 0.0212. The third-order valence-corrected chi connectivity index (χ3v) is 6.00. The Hall–Kier alpha value is -2.79. The van der Waals surface area contributed by atoms with E-state index in [0.717, 1.165) is 17.1 Å². The zero-order chi connectivity index (χ0) is 19.0. The Morgan fingerprint density at radius 3 is 2.85 bits per heavy atom. The number of thiophene rings is 1. The van der Waals surface area contributed by atoms with Crippen LogP contribution in [0.1, 0.15) is 32.6 Å². The molecule has 0 bridgehead atoms. The van der Waals surface area contributed by atoms with Crippen molar-refractivity contribution in [3.8, 4) is 11.3 Å². The Morgan fingerprint density at radius 1 is 1.26 bits per heavy atom. The summed E-state index contributed by atoms with van der Waals surface area (Å²) in [7, 11) is 0. The van der Waals surface area contributed by atoms with Crippen molar-refractivity contribution in [3.05, 3.63) is 82.0 Å². The van der Waals surface area contributed by atoms with Gasteiger partial charge in [0, 0.05) is 34.0 Å². The van der Waals surface area contributed by atoms with Gasteiger partial charge in [0.15, 0.2) is 0 Å². The van der Waals surface area contributed by atoms with Crippen molar-refractivity contribution in [2.24, 2.45) is 0 Å². The number of carbonyl (C=O) groups is 1. The number of aryl methyl sites for hydroxylation is 2. The Kier molecular flexibility index (Phi) is 4.62. The molecule has 1 amide bonds. The summed E-state index contributed by atoms with van der Waals surface area (Å²) in [6.45, 7) is 8.99. The number of benzene rings is 1. The standard InChI is InChI=1S/C22H21N3OS/c1-4-22(26)25-12-19(18-11-14(2)27-21(18)13-25)16-7-5-6-8-17(16)20-9-10-23-15(3)24-20/h4-11,19H,1,12-13H2,2-3H3/t19-/m1/s1. The van der Waals surface area contributed by atoms with E-state index in [1.807, 2.05) is 24.0 Å². The van der Waals surface area contributed by atoms with Gasteiger partial charge in [-0.05, 0) is 43.2 Å². The topological polar surface area (TPSA) is 46.1 Å². The summed E-state index contributed by atoms with van der Waals surface area (Å²) in [5.41, 5.74) is 4.52. The van der Waals surface area contributed by atoms with E-state index in [9.17, 15) is 4.79 Å². The highest BCUT2D eigenvalue weighted by Crippen LogP contribution is 2.41. The van der Waals surface area contributed by atoms with Crippen molar-refractivity contribution in [1.82, 2.24) is 14.9 Å². The second kappa shape index (κ2) is 7.08. The average molecular weight is 375 g/mol. The van der Waals surface area contributed by atoms with E-state index in [-0.39, 0.29) is 11.8 Å². The maximum absolute atomic E-state index is 12.4. The van der Waals surface area contributed by atoms with Gasteiger partial charge < -0.3 is 4.90 Å². The monoisotopic (exact) mass is 375 g/mol. The van der Waals surface area contributed by atoms with Crippen LogP contribution in [0.4, 0.5) is 0 Å². The summed E-state index contributed by atoms with van der Waals surface area (Å²) in [5, 5.41) is 0. The van der Waals surface area contributed by atoms with E-state index in [2.05, 4.69) is 47.7 Å². The average Bonchev–Trinajstić information content (AvgIpc) is 3.06. The van der Waals surface area contributed by atoms with Gasteiger partial charge in [0.25, 0.3) is 0 Å². The third-order valence-electron chi connectivity index (χ3n) is 4.95. The first kappa shape index (κ1) is 17.6. The maximum Gasteiger partial charge on any atom is 0.246 e. The van der Waals surface area contributed by atoms with Crippen LogP contribution in [0.5, 0.6) is 0 Å². The van der Waals surface area contributed by atoms with Crippen LogP contribution >= 0.6 is 11.3 Å². The first-order valence-corrected chi connectivity index (χ1v) is 9.78. The van der Waals surface area contributed by atoms with Gasteiger partial charge in [-0.3, -0.25) is 4.79 Å². The molecule has 0 aliphatic carbocycles.